The molecule has 80 valence electrons. The summed E-state index contributed by atoms with van der Waals surface area (Å²) in [5, 5.41) is 3.12. The molecule has 1 heterocycles. The third-order valence-electron chi connectivity index (χ3n) is 2.57. The molecule has 1 atom stereocenters. The molecule has 0 aliphatic heterocycles. The number of hydrogen-bond donors (Lipinski definition) is 2. The summed E-state index contributed by atoms with van der Waals surface area (Å²) in [5.41, 5.74) is 6.92. The second kappa shape index (κ2) is 3.94. The Morgan fingerprint density at radius 3 is 3.13 bits per heavy atom. The molecule has 0 saturated heterocycles. The maximum Gasteiger partial charge on any atom is 0.182 e. The van der Waals surface area contributed by atoms with Crippen molar-refractivity contribution in [2.45, 2.75) is 19.3 Å². The van der Waals surface area contributed by atoms with Gasteiger partial charge in [0.1, 0.15) is 17.8 Å². The van der Waals surface area contributed by atoms with E-state index in [2.05, 4.69) is 15.3 Å². The summed E-state index contributed by atoms with van der Waals surface area (Å²) in [7, 11) is 0. The minimum absolute atomic E-state index is 0.107. The van der Waals surface area contributed by atoms with Crippen LogP contribution in [0.25, 0.3) is 0 Å². The largest absolute Gasteiger partial charge is 0.368 e. The van der Waals surface area contributed by atoms with Crippen LogP contribution in [-0.4, -0.2) is 28.8 Å². The zero-order valence-electron chi connectivity index (χ0n) is 8.66. The quantitative estimate of drug-likeness (QED) is 0.754. The molecule has 0 amide bonds. The van der Waals surface area contributed by atoms with E-state index in [1.54, 1.807) is 0 Å². The molecule has 15 heavy (non-hydrogen) atoms. The first-order valence-electron chi connectivity index (χ1n) is 5.06. The van der Waals surface area contributed by atoms with Crippen LogP contribution in [0.3, 0.4) is 0 Å². The number of carbonyl (C=O) groups is 1. The monoisotopic (exact) mass is 206 g/mol. The molecule has 1 aromatic rings. The number of hydrogen-bond acceptors (Lipinski definition) is 5. The summed E-state index contributed by atoms with van der Waals surface area (Å²) in [6, 6.07) is 0. The normalized spacial score (nSPS) is 19.1. The van der Waals surface area contributed by atoms with Gasteiger partial charge in [0.2, 0.25) is 0 Å². The van der Waals surface area contributed by atoms with Gasteiger partial charge in [0.15, 0.2) is 5.78 Å². The Balaban J connectivity index is 2.37. The van der Waals surface area contributed by atoms with Crippen molar-refractivity contribution in [1.82, 2.24) is 9.97 Å². The highest BCUT2D eigenvalue weighted by atomic mass is 16.1. The fourth-order valence-corrected chi connectivity index (χ4v) is 1.89. The Morgan fingerprint density at radius 1 is 1.60 bits per heavy atom. The molecule has 0 spiro atoms. The number of fused-ring (bicyclic) bond motifs is 1. The molecule has 0 fully saturated rings. The standard InChI is InChI=1S/C10H14N4O/c1-6-4-7(15)9-8(6)10(12-3-2-11)14-5-13-9/h5-6H,2-4,11H2,1H3,(H,12,13,14)/t6-/m1/s1. The molecule has 0 unspecified atom stereocenters. The number of rotatable bonds is 3. The van der Waals surface area contributed by atoms with Crippen LogP contribution in [0.1, 0.15) is 35.3 Å². The lowest BCUT2D eigenvalue weighted by atomic mass is 10.1. The van der Waals surface area contributed by atoms with Crippen molar-refractivity contribution in [3.8, 4) is 0 Å². The van der Waals surface area contributed by atoms with Gasteiger partial charge in [0.05, 0.1) is 0 Å². The second-order valence-corrected chi connectivity index (χ2v) is 3.73. The molecular formula is C10H14N4O. The Bertz CT molecular complexity index is 391. The van der Waals surface area contributed by atoms with Gasteiger partial charge in [-0.2, -0.15) is 0 Å². The minimum Gasteiger partial charge on any atom is -0.368 e. The van der Waals surface area contributed by atoms with Crippen molar-refractivity contribution in [3.05, 3.63) is 17.6 Å². The van der Waals surface area contributed by atoms with Gasteiger partial charge in [0, 0.05) is 25.1 Å². The number of carbonyl (C=O) groups excluding carboxylic acids is 1. The molecule has 2 rings (SSSR count). The number of anilines is 1. The SMILES string of the molecule is C[C@@H]1CC(=O)c2ncnc(NCCN)c21. The van der Waals surface area contributed by atoms with Crippen LogP contribution in [0.5, 0.6) is 0 Å². The Labute approximate surface area is 88.1 Å². The summed E-state index contributed by atoms with van der Waals surface area (Å²) >= 11 is 0. The van der Waals surface area contributed by atoms with Crippen LogP contribution in [0.15, 0.2) is 6.33 Å². The van der Waals surface area contributed by atoms with Crippen LogP contribution in [0.4, 0.5) is 5.82 Å². The molecule has 1 aliphatic carbocycles. The van der Waals surface area contributed by atoms with Gasteiger partial charge in [-0.1, -0.05) is 6.92 Å². The van der Waals surface area contributed by atoms with Gasteiger partial charge in [-0.3, -0.25) is 4.79 Å². The molecule has 0 bridgehead atoms. The Morgan fingerprint density at radius 2 is 2.40 bits per heavy atom. The zero-order valence-corrected chi connectivity index (χ0v) is 8.66. The van der Waals surface area contributed by atoms with E-state index in [0.717, 1.165) is 11.4 Å². The molecule has 3 N–H and O–H groups in total. The van der Waals surface area contributed by atoms with E-state index in [4.69, 9.17) is 5.73 Å². The average Bonchev–Trinajstić information content (AvgIpc) is 2.53. The molecular weight excluding hydrogens is 192 g/mol. The van der Waals surface area contributed by atoms with Gasteiger partial charge in [-0.05, 0) is 5.92 Å². The first kappa shape index (κ1) is 10.0. The highest BCUT2D eigenvalue weighted by molar-refractivity contribution is 6.00. The third kappa shape index (κ3) is 1.70. The van der Waals surface area contributed by atoms with Gasteiger partial charge in [-0.25, -0.2) is 9.97 Å². The van der Waals surface area contributed by atoms with E-state index in [9.17, 15) is 4.79 Å². The van der Waals surface area contributed by atoms with E-state index in [1.807, 2.05) is 6.92 Å². The number of Topliss-reactive ketones (excluding diaryl/α,β-unsaturated/α-hetero) is 1. The Hall–Kier alpha value is -1.49. The van der Waals surface area contributed by atoms with Crippen LogP contribution < -0.4 is 11.1 Å². The molecule has 0 radical (unpaired) electrons. The number of ketones is 1. The first-order valence-corrected chi connectivity index (χ1v) is 5.06. The van der Waals surface area contributed by atoms with Crippen molar-refractivity contribution in [2.24, 2.45) is 5.73 Å². The predicted molar refractivity (Wildman–Crippen MR) is 56.9 cm³/mol. The lowest BCUT2D eigenvalue weighted by Gasteiger charge is -2.10. The van der Waals surface area contributed by atoms with E-state index >= 15 is 0 Å². The number of aromatic nitrogens is 2. The second-order valence-electron chi connectivity index (χ2n) is 3.73. The third-order valence-corrected chi connectivity index (χ3v) is 2.57. The van der Waals surface area contributed by atoms with Gasteiger partial charge in [-0.15, -0.1) is 0 Å². The number of nitrogens with one attached hydrogen (secondary N) is 1. The van der Waals surface area contributed by atoms with Crippen molar-refractivity contribution in [2.75, 3.05) is 18.4 Å². The maximum atomic E-state index is 11.6. The summed E-state index contributed by atoms with van der Waals surface area (Å²) in [4.78, 5) is 19.7. The molecule has 0 saturated carbocycles. The average molecular weight is 206 g/mol. The van der Waals surface area contributed by atoms with Crippen LogP contribution in [0, 0.1) is 0 Å². The molecule has 5 heteroatoms. The van der Waals surface area contributed by atoms with E-state index in [-0.39, 0.29) is 11.7 Å². The van der Waals surface area contributed by atoms with Gasteiger partial charge in [0.25, 0.3) is 0 Å². The number of nitrogens with two attached hydrogens (primary N) is 1. The van der Waals surface area contributed by atoms with Crippen molar-refractivity contribution >= 4 is 11.6 Å². The van der Waals surface area contributed by atoms with Crippen molar-refractivity contribution in [3.63, 3.8) is 0 Å². The van der Waals surface area contributed by atoms with Gasteiger partial charge < -0.3 is 11.1 Å². The van der Waals surface area contributed by atoms with E-state index < -0.39 is 0 Å². The molecule has 1 aromatic heterocycles. The lowest BCUT2D eigenvalue weighted by Crippen LogP contribution is -2.15. The Kier molecular flexibility index (Phi) is 2.64. The summed E-state index contributed by atoms with van der Waals surface area (Å²) in [5.74, 6) is 1.06. The fraction of sp³-hybridized carbons (Fsp3) is 0.500. The van der Waals surface area contributed by atoms with Crippen LogP contribution in [-0.2, 0) is 0 Å². The topological polar surface area (TPSA) is 80.9 Å². The number of nitrogens with zero attached hydrogens (tertiary/aromatic N) is 2. The fourth-order valence-electron chi connectivity index (χ4n) is 1.89. The first-order chi connectivity index (χ1) is 7.24. The van der Waals surface area contributed by atoms with Crippen molar-refractivity contribution < 1.29 is 4.79 Å². The minimum atomic E-state index is 0.107. The lowest BCUT2D eigenvalue weighted by molar-refractivity contribution is 0.0986. The van der Waals surface area contributed by atoms with Crippen molar-refractivity contribution in [1.29, 1.82) is 0 Å². The maximum absolute atomic E-state index is 11.6. The highest BCUT2D eigenvalue weighted by Crippen LogP contribution is 2.35. The van der Waals surface area contributed by atoms with E-state index in [1.165, 1.54) is 6.33 Å². The molecule has 0 aromatic carbocycles. The zero-order chi connectivity index (χ0) is 10.8. The highest BCUT2D eigenvalue weighted by Gasteiger charge is 2.30. The van der Waals surface area contributed by atoms with Crippen LogP contribution in [0.2, 0.25) is 0 Å². The summed E-state index contributed by atoms with van der Waals surface area (Å²) < 4.78 is 0. The van der Waals surface area contributed by atoms with Crippen LogP contribution >= 0.6 is 0 Å². The summed E-state index contributed by atoms with van der Waals surface area (Å²) in [6.45, 7) is 3.21. The molecule has 1 aliphatic rings. The van der Waals surface area contributed by atoms with Gasteiger partial charge >= 0.3 is 0 Å². The summed E-state index contributed by atoms with van der Waals surface area (Å²) in [6.07, 6.45) is 1.96. The smallest absolute Gasteiger partial charge is 0.182 e. The van der Waals surface area contributed by atoms with E-state index in [0.29, 0.717) is 25.2 Å². The molecule has 5 nitrogen and oxygen atoms in total. The predicted octanol–water partition coefficient (Wildman–Crippen LogP) is 0.537.